The van der Waals surface area contributed by atoms with Crippen LogP contribution in [0.25, 0.3) is 0 Å². The summed E-state index contributed by atoms with van der Waals surface area (Å²) in [7, 11) is 1.61. The van der Waals surface area contributed by atoms with Crippen molar-refractivity contribution in [1.82, 2.24) is 16.0 Å². The molecule has 1 amide bonds. The van der Waals surface area contributed by atoms with Crippen LogP contribution in [0, 0.1) is 0 Å². The zero-order valence-electron chi connectivity index (χ0n) is 16.1. The first-order valence-electron chi connectivity index (χ1n) is 9.07. The summed E-state index contributed by atoms with van der Waals surface area (Å²) in [4.78, 5) is 16.3. The third-order valence-corrected chi connectivity index (χ3v) is 4.18. The van der Waals surface area contributed by atoms with E-state index in [2.05, 4.69) is 20.9 Å². The van der Waals surface area contributed by atoms with Gasteiger partial charge in [0.15, 0.2) is 5.96 Å². The molecule has 144 valence electrons. The largest absolute Gasteiger partial charge is 0.384 e. The van der Waals surface area contributed by atoms with Gasteiger partial charge in [0.1, 0.15) is 5.60 Å². The van der Waals surface area contributed by atoms with Crippen LogP contribution in [0.3, 0.4) is 0 Å². The van der Waals surface area contributed by atoms with Gasteiger partial charge in [-0.15, -0.1) is 0 Å². The predicted octanol–water partition coefficient (Wildman–Crippen LogP) is 2.01. The Kier molecular flexibility index (Phi) is 7.37. The van der Waals surface area contributed by atoms with E-state index in [1.165, 1.54) is 0 Å². The molecule has 4 N–H and O–H groups in total. The van der Waals surface area contributed by atoms with Crippen molar-refractivity contribution in [2.75, 3.05) is 20.1 Å². The van der Waals surface area contributed by atoms with Crippen LogP contribution >= 0.6 is 0 Å². The molecule has 0 saturated carbocycles. The van der Waals surface area contributed by atoms with Crippen LogP contribution < -0.4 is 16.0 Å². The number of hydrogen-bond donors (Lipinski definition) is 4. The molecule has 0 radical (unpaired) electrons. The van der Waals surface area contributed by atoms with Gasteiger partial charge in [0.05, 0.1) is 13.1 Å². The van der Waals surface area contributed by atoms with E-state index in [1.807, 2.05) is 55.5 Å². The average molecular weight is 368 g/mol. The number of carbonyl (C=O) groups is 1. The molecule has 1 atom stereocenters. The molecule has 2 aromatic carbocycles. The van der Waals surface area contributed by atoms with Crippen LogP contribution in [-0.4, -0.2) is 37.1 Å². The average Bonchev–Trinajstić information content (AvgIpc) is 2.70. The highest BCUT2D eigenvalue weighted by atomic mass is 16.3. The van der Waals surface area contributed by atoms with Crippen LogP contribution in [0.2, 0.25) is 0 Å². The lowest BCUT2D eigenvalue weighted by Crippen LogP contribution is -2.44. The Balaban J connectivity index is 2.05. The fourth-order valence-corrected chi connectivity index (χ4v) is 2.62. The maximum atomic E-state index is 11.8. The summed E-state index contributed by atoms with van der Waals surface area (Å²) in [6.45, 7) is 5.21. The molecule has 2 aromatic rings. The SMILES string of the molecule is CCNC(=NCc1cccc(C(=O)NC)c1)NCC(C)(O)c1ccccc1. The molecular weight excluding hydrogens is 340 g/mol. The Bertz CT molecular complexity index is 773. The molecule has 0 aromatic heterocycles. The predicted molar refractivity (Wildman–Crippen MR) is 109 cm³/mol. The van der Waals surface area contributed by atoms with Gasteiger partial charge in [-0.1, -0.05) is 42.5 Å². The molecule has 0 bridgehead atoms. The van der Waals surface area contributed by atoms with Crippen LogP contribution in [-0.2, 0) is 12.1 Å². The third kappa shape index (κ3) is 6.11. The lowest BCUT2D eigenvalue weighted by molar-refractivity contribution is 0.0617. The van der Waals surface area contributed by atoms with Crippen LogP contribution in [0.5, 0.6) is 0 Å². The Morgan fingerprint density at radius 1 is 1.11 bits per heavy atom. The molecule has 1 unspecified atom stereocenters. The highest BCUT2D eigenvalue weighted by Gasteiger charge is 2.22. The second-order valence-corrected chi connectivity index (χ2v) is 6.47. The van der Waals surface area contributed by atoms with E-state index in [1.54, 1.807) is 20.0 Å². The van der Waals surface area contributed by atoms with Crippen molar-refractivity contribution >= 4 is 11.9 Å². The first-order valence-corrected chi connectivity index (χ1v) is 9.07. The lowest BCUT2D eigenvalue weighted by atomic mass is 9.96. The molecule has 27 heavy (non-hydrogen) atoms. The van der Waals surface area contributed by atoms with Gasteiger partial charge in [0.25, 0.3) is 5.91 Å². The van der Waals surface area contributed by atoms with E-state index in [0.29, 0.717) is 31.2 Å². The monoisotopic (exact) mass is 368 g/mol. The van der Waals surface area contributed by atoms with E-state index in [-0.39, 0.29) is 5.91 Å². The number of aliphatic imine (C=N–C) groups is 1. The van der Waals surface area contributed by atoms with Gasteiger partial charge >= 0.3 is 0 Å². The number of hydrogen-bond acceptors (Lipinski definition) is 3. The van der Waals surface area contributed by atoms with Crippen LogP contribution in [0.1, 0.15) is 35.3 Å². The third-order valence-electron chi connectivity index (χ3n) is 4.18. The minimum absolute atomic E-state index is 0.121. The Morgan fingerprint density at radius 3 is 2.52 bits per heavy atom. The van der Waals surface area contributed by atoms with E-state index >= 15 is 0 Å². The van der Waals surface area contributed by atoms with Gasteiger partial charge in [-0.2, -0.15) is 0 Å². The number of carbonyl (C=O) groups excluding carboxylic acids is 1. The van der Waals surface area contributed by atoms with E-state index in [0.717, 1.165) is 11.1 Å². The number of guanidine groups is 1. The van der Waals surface area contributed by atoms with Gasteiger partial charge in [0.2, 0.25) is 0 Å². The molecule has 6 nitrogen and oxygen atoms in total. The van der Waals surface area contributed by atoms with E-state index in [9.17, 15) is 9.90 Å². The fourth-order valence-electron chi connectivity index (χ4n) is 2.62. The Hall–Kier alpha value is -2.86. The molecule has 2 rings (SSSR count). The minimum atomic E-state index is -1.02. The molecule has 0 aliphatic carbocycles. The number of nitrogens with one attached hydrogen (secondary N) is 3. The second kappa shape index (κ2) is 9.73. The molecule has 6 heteroatoms. The van der Waals surface area contributed by atoms with Crippen molar-refractivity contribution in [3.63, 3.8) is 0 Å². The van der Waals surface area contributed by atoms with Crippen molar-refractivity contribution in [1.29, 1.82) is 0 Å². The van der Waals surface area contributed by atoms with Gasteiger partial charge in [-0.3, -0.25) is 4.79 Å². The van der Waals surface area contributed by atoms with Gasteiger partial charge in [0, 0.05) is 19.2 Å². The summed E-state index contributed by atoms with van der Waals surface area (Å²) in [6, 6.07) is 16.9. The van der Waals surface area contributed by atoms with Gasteiger partial charge in [-0.25, -0.2) is 4.99 Å². The zero-order valence-corrected chi connectivity index (χ0v) is 16.1. The van der Waals surface area contributed by atoms with Gasteiger partial charge in [-0.05, 0) is 37.1 Å². The maximum absolute atomic E-state index is 11.8. The second-order valence-electron chi connectivity index (χ2n) is 6.47. The molecule has 0 aliphatic rings. The fraction of sp³-hybridized carbons (Fsp3) is 0.333. The first kappa shape index (κ1) is 20.5. The molecule has 0 fully saturated rings. The minimum Gasteiger partial charge on any atom is -0.384 e. The summed E-state index contributed by atoms with van der Waals surface area (Å²) < 4.78 is 0. The summed E-state index contributed by atoms with van der Waals surface area (Å²) >= 11 is 0. The van der Waals surface area contributed by atoms with Crippen molar-refractivity contribution in [2.24, 2.45) is 4.99 Å². The van der Waals surface area contributed by atoms with Crippen molar-refractivity contribution in [3.05, 3.63) is 71.3 Å². The first-order chi connectivity index (χ1) is 13.0. The topological polar surface area (TPSA) is 85.8 Å². The smallest absolute Gasteiger partial charge is 0.251 e. The van der Waals surface area contributed by atoms with E-state index < -0.39 is 5.60 Å². The zero-order chi connectivity index (χ0) is 19.7. The highest BCUT2D eigenvalue weighted by Crippen LogP contribution is 2.18. The lowest BCUT2D eigenvalue weighted by Gasteiger charge is -2.25. The summed E-state index contributed by atoms with van der Waals surface area (Å²) in [5, 5.41) is 19.7. The Morgan fingerprint density at radius 2 is 1.85 bits per heavy atom. The van der Waals surface area contributed by atoms with Gasteiger partial charge < -0.3 is 21.1 Å². The Labute approximate surface area is 160 Å². The number of aliphatic hydroxyl groups is 1. The molecule has 0 spiro atoms. The van der Waals surface area contributed by atoms with Crippen LogP contribution in [0.4, 0.5) is 0 Å². The summed E-state index contributed by atoms with van der Waals surface area (Å²) in [6.07, 6.45) is 0. The van der Waals surface area contributed by atoms with Crippen LogP contribution in [0.15, 0.2) is 59.6 Å². The number of amides is 1. The van der Waals surface area contributed by atoms with Crippen molar-refractivity contribution in [3.8, 4) is 0 Å². The molecule has 0 aliphatic heterocycles. The van der Waals surface area contributed by atoms with Crippen molar-refractivity contribution in [2.45, 2.75) is 26.0 Å². The quantitative estimate of drug-likeness (QED) is 0.445. The standard InChI is InChI=1S/C21H28N4O2/c1-4-23-20(25-15-21(2,27)18-11-6-5-7-12-18)24-14-16-9-8-10-17(13-16)19(26)22-3/h5-13,27H,4,14-15H2,1-3H3,(H,22,26)(H2,23,24,25). The van der Waals surface area contributed by atoms with Crippen molar-refractivity contribution < 1.29 is 9.90 Å². The van der Waals surface area contributed by atoms with E-state index in [4.69, 9.17) is 0 Å². The summed E-state index contributed by atoms with van der Waals surface area (Å²) in [5.74, 6) is 0.490. The number of benzene rings is 2. The number of nitrogens with zero attached hydrogens (tertiary/aromatic N) is 1. The molecule has 0 heterocycles. The molecule has 0 saturated heterocycles. The molecular formula is C21H28N4O2. The summed E-state index contributed by atoms with van der Waals surface area (Å²) in [5.41, 5.74) is 1.36. The normalized spacial score (nSPS) is 13.6. The highest BCUT2D eigenvalue weighted by molar-refractivity contribution is 5.94. The number of rotatable bonds is 7. The maximum Gasteiger partial charge on any atom is 0.251 e.